The highest BCUT2D eigenvalue weighted by molar-refractivity contribution is 8.93. The Kier molecular flexibility index (Phi) is 6.54. The zero-order chi connectivity index (χ0) is 17.8. The van der Waals surface area contributed by atoms with E-state index in [1.54, 1.807) is 12.1 Å². The fourth-order valence-corrected chi connectivity index (χ4v) is 3.38. The molecule has 0 saturated heterocycles. The van der Waals surface area contributed by atoms with Gasteiger partial charge in [-0.3, -0.25) is 0 Å². The number of hydrogen-bond donors (Lipinski definition) is 2. The third-order valence-corrected chi connectivity index (χ3v) is 4.48. The van der Waals surface area contributed by atoms with Crippen LogP contribution in [0.2, 0.25) is 0 Å². The molecule has 1 aromatic heterocycles. The summed E-state index contributed by atoms with van der Waals surface area (Å²) < 4.78 is 2.01. The van der Waals surface area contributed by atoms with Crippen molar-refractivity contribution in [2.45, 2.75) is 6.54 Å². The maximum absolute atomic E-state index is 11.2. The standard InChI is InChI=1S/C19H16N2O3S.BrH/c1-2-10-21-16(13-6-4-3-5-7-13)12-25-19(21)20-14-8-9-17(22)15(11-14)18(23)24;/h2-9,11-12,22H,1,10H2,(H,23,24);1H. The number of allylic oxidation sites excluding steroid dienone is 1. The summed E-state index contributed by atoms with van der Waals surface area (Å²) in [6.07, 6.45) is 1.79. The molecular weight excluding hydrogens is 416 g/mol. The number of carboxylic acids is 1. The summed E-state index contributed by atoms with van der Waals surface area (Å²) in [5.41, 5.74) is 2.38. The minimum Gasteiger partial charge on any atom is -0.507 e. The lowest BCUT2D eigenvalue weighted by Crippen LogP contribution is -2.14. The molecule has 0 aliphatic rings. The molecule has 0 aliphatic heterocycles. The maximum atomic E-state index is 11.2. The fraction of sp³-hybridized carbons (Fsp3) is 0.0526. The molecule has 1 heterocycles. The van der Waals surface area contributed by atoms with Gasteiger partial charge in [-0.15, -0.1) is 34.9 Å². The summed E-state index contributed by atoms with van der Waals surface area (Å²) in [5.74, 6) is -1.47. The number of benzene rings is 2. The molecule has 5 nitrogen and oxygen atoms in total. The van der Waals surface area contributed by atoms with Crippen molar-refractivity contribution in [1.29, 1.82) is 0 Å². The molecule has 2 aromatic carbocycles. The van der Waals surface area contributed by atoms with Crippen LogP contribution in [0.4, 0.5) is 5.69 Å². The van der Waals surface area contributed by atoms with E-state index in [-0.39, 0.29) is 28.3 Å². The van der Waals surface area contributed by atoms with Crippen LogP contribution in [0.5, 0.6) is 5.75 Å². The van der Waals surface area contributed by atoms with Crippen molar-refractivity contribution < 1.29 is 15.0 Å². The minimum atomic E-state index is -1.19. The van der Waals surface area contributed by atoms with E-state index in [4.69, 9.17) is 5.11 Å². The van der Waals surface area contributed by atoms with Gasteiger partial charge in [0.15, 0.2) is 4.80 Å². The zero-order valence-corrected chi connectivity index (χ0v) is 16.2. The monoisotopic (exact) mass is 432 g/mol. The van der Waals surface area contributed by atoms with Crippen molar-refractivity contribution in [2.24, 2.45) is 4.99 Å². The first-order chi connectivity index (χ1) is 12.1. The van der Waals surface area contributed by atoms with Crippen LogP contribution >= 0.6 is 28.3 Å². The smallest absolute Gasteiger partial charge is 0.339 e. The molecule has 0 saturated carbocycles. The van der Waals surface area contributed by atoms with Gasteiger partial charge in [0.2, 0.25) is 0 Å². The van der Waals surface area contributed by atoms with Crippen molar-refractivity contribution in [3.05, 3.63) is 76.9 Å². The Morgan fingerprint density at radius 2 is 1.96 bits per heavy atom. The molecule has 26 heavy (non-hydrogen) atoms. The molecule has 7 heteroatoms. The summed E-state index contributed by atoms with van der Waals surface area (Å²) in [7, 11) is 0. The lowest BCUT2D eigenvalue weighted by molar-refractivity contribution is 0.0694. The second-order valence-corrected chi connectivity index (χ2v) is 6.12. The quantitative estimate of drug-likeness (QED) is 0.577. The number of halogens is 1. The van der Waals surface area contributed by atoms with E-state index < -0.39 is 5.97 Å². The van der Waals surface area contributed by atoms with Gasteiger partial charge < -0.3 is 14.8 Å². The second-order valence-electron chi connectivity index (χ2n) is 5.29. The van der Waals surface area contributed by atoms with E-state index in [0.29, 0.717) is 12.2 Å². The normalized spacial score (nSPS) is 11.0. The van der Waals surface area contributed by atoms with Crippen molar-refractivity contribution >= 4 is 40.0 Å². The summed E-state index contributed by atoms with van der Waals surface area (Å²) in [5, 5.41) is 20.8. The number of phenols is 1. The predicted octanol–water partition coefficient (Wildman–Crippen LogP) is 4.62. The number of aromatic nitrogens is 1. The Morgan fingerprint density at radius 1 is 1.23 bits per heavy atom. The number of carboxylic acid groups (broad SMARTS) is 1. The third-order valence-electron chi connectivity index (χ3n) is 3.61. The second kappa shape index (κ2) is 8.64. The van der Waals surface area contributed by atoms with Crippen LogP contribution in [0.25, 0.3) is 11.3 Å². The van der Waals surface area contributed by atoms with Gasteiger partial charge in [0.25, 0.3) is 0 Å². The van der Waals surface area contributed by atoms with Crippen molar-refractivity contribution in [3.8, 4) is 17.0 Å². The summed E-state index contributed by atoms with van der Waals surface area (Å²) in [6.45, 7) is 4.38. The highest BCUT2D eigenvalue weighted by Crippen LogP contribution is 2.24. The predicted molar refractivity (Wildman–Crippen MR) is 109 cm³/mol. The molecular formula is C19H17BrN2O3S. The fourth-order valence-electron chi connectivity index (χ4n) is 2.44. The van der Waals surface area contributed by atoms with Crippen LogP contribution in [-0.2, 0) is 6.54 Å². The van der Waals surface area contributed by atoms with Gasteiger partial charge in [0.1, 0.15) is 11.3 Å². The molecule has 0 unspecified atom stereocenters. The largest absolute Gasteiger partial charge is 0.507 e. The number of thiazole rings is 1. The van der Waals surface area contributed by atoms with E-state index in [9.17, 15) is 9.90 Å². The van der Waals surface area contributed by atoms with Crippen LogP contribution in [0.1, 0.15) is 10.4 Å². The number of aromatic hydroxyl groups is 1. The first-order valence-electron chi connectivity index (χ1n) is 7.56. The molecule has 0 amide bonds. The molecule has 0 spiro atoms. The SMILES string of the molecule is Br.C=CCn1c(-c2ccccc2)csc1=Nc1ccc(O)c(C(=O)O)c1. The molecule has 0 fully saturated rings. The Morgan fingerprint density at radius 3 is 2.62 bits per heavy atom. The number of rotatable bonds is 5. The first kappa shape index (κ1) is 19.7. The average molecular weight is 433 g/mol. The number of carbonyl (C=O) groups is 1. The van der Waals surface area contributed by atoms with E-state index >= 15 is 0 Å². The molecule has 0 atom stereocenters. The van der Waals surface area contributed by atoms with Gasteiger partial charge in [0.05, 0.1) is 11.4 Å². The Hall–Kier alpha value is -2.64. The van der Waals surface area contributed by atoms with Crippen LogP contribution in [-0.4, -0.2) is 20.7 Å². The Labute approximate surface area is 165 Å². The molecule has 134 valence electrons. The number of hydrogen-bond acceptors (Lipinski definition) is 4. The Bertz CT molecular complexity index is 994. The van der Waals surface area contributed by atoms with Gasteiger partial charge in [-0.25, -0.2) is 9.79 Å². The highest BCUT2D eigenvalue weighted by Gasteiger charge is 2.11. The van der Waals surface area contributed by atoms with E-state index in [0.717, 1.165) is 16.1 Å². The number of nitrogens with zero attached hydrogens (tertiary/aromatic N) is 2. The molecule has 3 aromatic rings. The molecule has 2 N–H and O–H groups in total. The van der Waals surface area contributed by atoms with Gasteiger partial charge in [-0.05, 0) is 23.8 Å². The molecule has 0 aliphatic carbocycles. The highest BCUT2D eigenvalue weighted by atomic mass is 79.9. The summed E-state index contributed by atoms with van der Waals surface area (Å²) >= 11 is 1.46. The van der Waals surface area contributed by atoms with Crippen molar-refractivity contribution in [3.63, 3.8) is 0 Å². The van der Waals surface area contributed by atoms with Crippen molar-refractivity contribution in [2.75, 3.05) is 0 Å². The van der Waals surface area contributed by atoms with E-state index in [1.807, 2.05) is 40.3 Å². The lowest BCUT2D eigenvalue weighted by Gasteiger charge is -2.06. The summed E-state index contributed by atoms with van der Waals surface area (Å²) in [6, 6.07) is 14.2. The molecule has 0 bridgehead atoms. The Balaban J connectivity index is 0.00000243. The van der Waals surface area contributed by atoms with Crippen LogP contribution < -0.4 is 4.80 Å². The first-order valence-corrected chi connectivity index (χ1v) is 8.44. The van der Waals surface area contributed by atoms with Crippen LogP contribution in [0.3, 0.4) is 0 Å². The van der Waals surface area contributed by atoms with Crippen LogP contribution in [0, 0.1) is 0 Å². The van der Waals surface area contributed by atoms with E-state index in [1.165, 1.54) is 23.5 Å². The van der Waals surface area contributed by atoms with Gasteiger partial charge in [-0.2, -0.15) is 0 Å². The van der Waals surface area contributed by atoms with Crippen LogP contribution in [0.15, 0.2) is 71.6 Å². The lowest BCUT2D eigenvalue weighted by atomic mass is 10.2. The van der Waals surface area contributed by atoms with E-state index in [2.05, 4.69) is 11.6 Å². The average Bonchev–Trinajstić information content (AvgIpc) is 3.00. The topological polar surface area (TPSA) is 74.8 Å². The van der Waals surface area contributed by atoms with Crippen molar-refractivity contribution in [1.82, 2.24) is 4.57 Å². The van der Waals surface area contributed by atoms with Gasteiger partial charge >= 0.3 is 5.97 Å². The van der Waals surface area contributed by atoms with Gasteiger partial charge in [-0.1, -0.05) is 36.4 Å². The zero-order valence-electron chi connectivity index (χ0n) is 13.7. The molecule has 3 rings (SSSR count). The number of aromatic carboxylic acids is 1. The minimum absolute atomic E-state index is 0. The van der Waals surface area contributed by atoms with Gasteiger partial charge in [0, 0.05) is 11.9 Å². The maximum Gasteiger partial charge on any atom is 0.339 e. The summed E-state index contributed by atoms with van der Waals surface area (Å²) in [4.78, 5) is 16.4. The molecule has 0 radical (unpaired) electrons. The third kappa shape index (κ3) is 4.12.